The second kappa shape index (κ2) is 9.41. The van der Waals surface area contributed by atoms with Gasteiger partial charge in [-0.15, -0.1) is 0 Å². The largest absolute Gasteiger partial charge is 0.339 e. The smallest absolute Gasteiger partial charge is 0.325 e. The molecule has 4 amide bonds. The molecule has 10 heteroatoms. The fraction of sp³-hybridized carbons (Fsp3) is 0.560. The Labute approximate surface area is 204 Å². The molecule has 0 unspecified atom stereocenters. The van der Waals surface area contributed by atoms with Crippen LogP contribution in [0.1, 0.15) is 44.1 Å². The van der Waals surface area contributed by atoms with E-state index in [1.165, 1.54) is 0 Å². The van der Waals surface area contributed by atoms with Gasteiger partial charge in [-0.1, -0.05) is 36.3 Å². The molecule has 186 valence electrons. The number of nitrogens with zero attached hydrogens (tertiary/aromatic N) is 5. The number of nitrogens with one attached hydrogen (secondary N) is 1. The van der Waals surface area contributed by atoms with E-state index in [0.717, 1.165) is 28.9 Å². The Kier molecular flexibility index (Phi) is 6.31. The van der Waals surface area contributed by atoms with Crippen molar-refractivity contribution in [2.45, 2.75) is 51.6 Å². The van der Waals surface area contributed by atoms with E-state index < -0.39 is 11.6 Å². The quantitative estimate of drug-likeness (QED) is 0.653. The van der Waals surface area contributed by atoms with Gasteiger partial charge in [0.05, 0.1) is 6.54 Å². The maximum atomic E-state index is 13.0. The van der Waals surface area contributed by atoms with Gasteiger partial charge >= 0.3 is 6.03 Å². The highest BCUT2D eigenvalue weighted by molar-refractivity contribution is 6.09. The fourth-order valence-corrected chi connectivity index (χ4v) is 5.25. The van der Waals surface area contributed by atoms with E-state index in [1.54, 1.807) is 4.90 Å². The van der Waals surface area contributed by atoms with Crippen molar-refractivity contribution in [1.29, 1.82) is 0 Å². The summed E-state index contributed by atoms with van der Waals surface area (Å²) in [7, 11) is 0. The minimum Gasteiger partial charge on any atom is -0.339 e. The normalized spacial score (nSPS) is 25.4. The Morgan fingerprint density at radius 2 is 1.86 bits per heavy atom. The number of amides is 4. The third kappa shape index (κ3) is 4.67. The Hall–Kier alpha value is -3.27. The van der Waals surface area contributed by atoms with Crippen LogP contribution in [0.2, 0.25) is 0 Å². The summed E-state index contributed by atoms with van der Waals surface area (Å²) >= 11 is 0. The first-order chi connectivity index (χ1) is 16.8. The van der Waals surface area contributed by atoms with Crippen LogP contribution in [0.3, 0.4) is 0 Å². The number of carbonyl (C=O) groups excluding carboxylic acids is 3. The number of piperazine rings is 1. The highest BCUT2D eigenvalue weighted by atomic mass is 16.5. The summed E-state index contributed by atoms with van der Waals surface area (Å²) in [4.78, 5) is 48.0. The molecule has 3 aliphatic rings. The average Bonchev–Trinajstić information content (AvgIpc) is 3.40. The first kappa shape index (κ1) is 23.5. The zero-order valence-electron chi connectivity index (χ0n) is 20.3. The lowest BCUT2D eigenvalue weighted by molar-refractivity contribution is -0.140. The third-order valence-electron chi connectivity index (χ3n) is 7.61. The van der Waals surface area contributed by atoms with Crippen molar-refractivity contribution in [2.75, 3.05) is 32.7 Å². The van der Waals surface area contributed by atoms with Gasteiger partial charge in [-0.25, -0.2) is 4.79 Å². The maximum Gasteiger partial charge on any atom is 0.325 e. The summed E-state index contributed by atoms with van der Waals surface area (Å²) in [6.45, 7) is 6.81. The Bertz CT molecular complexity index is 1110. The zero-order chi connectivity index (χ0) is 24.6. The first-order valence-corrected chi connectivity index (χ1v) is 12.4. The summed E-state index contributed by atoms with van der Waals surface area (Å²) in [6, 6.07) is 7.45. The molecule has 1 spiro atoms. The van der Waals surface area contributed by atoms with E-state index in [2.05, 4.69) is 27.3 Å². The van der Waals surface area contributed by atoms with Gasteiger partial charge in [0.1, 0.15) is 12.1 Å². The summed E-state index contributed by atoms with van der Waals surface area (Å²) in [5, 5.41) is 7.00. The number of aromatic nitrogens is 2. The van der Waals surface area contributed by atoms with E-state index >= 15 is 0 Å². The Balaban J connectivity index is 1.13. The predicted molar refractivity (Wildman–Crippen MR) is 127 cm³/mol. The molecule has 0 bridgehead atoms. The molecular formula is C25H32N6O4. The number of benzene rings is 1. The number of imide groups is 1. The van der Waals surface area contributed by atoms with Crippen molar-refractivity contribution in [2.24, 2.45) is 5.92 Å². The number of hydrogen-bond acceptors (Lipinski definition) is 7. The second-order valence-corrected chi connectivity index (χ2v) is 10.1. The molecule has 35 heavy (non-hydrogen) atoms. The van der Waals surface area contributed by atoms with Crippen molar-refractivity contribution in [3.05, 3.63) is 35.7 Å². The second-order valence-electron chi connectivity index (χ2n) is 10.1. The highest BCUT2D eigenvalue weighted by Gasteiger charge is 2.52. The molecular weight excluding hydrogens is 448 g/mol. The number of urea groups is 1. The van der Waals surface area contributed by atoms with Gasteiger partial charge in [0.15, 0.2) is 0 Å². The minimum absolute atomic E-state index is 0.200. The maximum absolute atomic E-state index is 13.0. The number of carbonyl (C=O) groups is 3. The van der Waals surface area contributed by atoms with Crippen LogP contribution in [0, 0.1) is 12.8 Å². The van der Waals surface area contributed by atoms with Crippen molar-refractivity contribution in [3.63, 3.8) is 0 Å². The summed E-state index contributed by atoms with van der Waals surface area (Å²) in [6.07, 6.45) is 3.09. The van der Waals surface area contributed by atoms with Crippen LogP contribution in [-0.2, 0) is 16.1 Å². The molecule has 1 N–H and O–H groups in total. The Morgan fingerprint density at radius 3 is 2.57 bits per heavy atom. The molecule has 1 aromatic carbocycles. The fourth-order valence-electron chi connectivity index (χ4n) is 5.25. The number of rotatable bonds is 5. The van der Waals surface area contributed by atoms with Gasteiger partial charge in [-0.05, 0) is 44.1 Å². The van der Waals surface area contributed by atoms with Crippen molar-refractivity contribution in [1.82, 2.24) is 30.2 Å². The standard InChI is InChI=1S/C25H32N6O4/c1-17-7-9-25(10-8-17)23(33)31(24(34)27-25)16-21(32)30-13-11-29(12-14-30)15-20-26-22(28-35-20)19-6-4-3-5-18(19)2/h3-6,17H,7-16H2,1-2H3,(H,27,34). The summed E-state index contributed by atoms with van der Waals surface area (Å²) < 4.78 is 5.45. The molecule has 2 saturated heterocycles. The van der Waals surface area contributed by atoms with E-state index in [1.807, 2.05) is 31.2 Å². The molecule has 0 radical (unpaired) electrons. The van der Waals surface area contributed by atoms with Crippen molar-refractivity contribution in [3.8, 4) is 11.4 Å². The van der Waals surface area contributed by atoms with Gasteiger partial charge in [0, 0.05) is 31.7 Å². The predicted octanol–water partition coefficient (Wildman–Crippen LogP) is 2.19. The first-order valence-electron chi connectivity index (χ1n) is 12.4. The van der Waals surface area contributed by atoms with E-state index in [9.17, 15) is 14.4 Å². The van der Waals surface area contributed by atoms with Crippen molar-refractivity contribution >= 4 is 17.8 Å². The molecule has 1 aliphatic carbocycles. The van der Waals surface area contributed by atoms with E-state index in [-0.39, 0.29) is 18.4 Å². The van der Waals surface area contributed by atoms with Crippen LogP contribution in [0.5, 0.6) is 0 Å². The molecule has 3 fully saturated rings. The summed E-state index contributed by atoms with van der Waals surface area (Å²) in [5.74, 6) is 1.22. The molecule has 1 saturated carbocycles. The van der Waals surface area contributed by atoms with Crippen LogP contribution in [0.4, 0.5) is 4.79 Å². The van der Waals surface area contributed by atoms with Crippen LogP contribution in [0.15, 0.2) is 28.8 Å². The number of hydrogen-bond donors (Lipinski definition) is 1. The Morgan fingerprint density at radius 1 is 1.14 bits per heavy atom. The monoisotopic (exact) mass is 480 g/mol. The lowest BCUT2D eigenvalue weighted by atomic mass is 9.77. The lowest BCUT2D eigenvalue weighted by Gasteiger charge is -2.35. The third-order valence-corrected chi connectivity index (χ3v) is 7.61. The van der Waals surface area contributed by atoms with Crippen LogP contribution in [-0.4, -0.2) is 80.9 Å². The van der Waals surface area contributed by atoms with Crippen LogP contribution in [0.25, 0.3) is 11.4 Å². The lowest BCUT2D eigenvalue weighted by Crippen LogP contribution is -2.52. The molecule has 5 rings (SSSR count). The molecule has 0 atom stereocenters. The zero-order valence-corrected chi connectivity index (χ0v) is 20.3. The number of aryl methyl sites for hydroxylation is 1. The van der Waals surface area contributed by atoms with Gasteiger partial charge in [0.2, 0.25) is 17.6 Å². The molecule has 2 aromatic rings. The molecule has 1 aromatic heterocycles. The van der Waals surface area contributed by atoms with Gasteiger partial charge in [-0.3, -0.25) is 19.4 Å². The van der Waals surface area contributed by atoms with Gasteiger partial charge < -0.3 is 14.7 Å². The van der Waals surface area contributed by atoms with Gasteiger partial charge in [0.25, 0.3) is 5.91 Å². The van der Waals surface area contributed by atoms with Crippen LogP contribution >= 0.6 is 0 Å². The molecule has 3 heterocycles. The topological polar surface area (TPSA) is 112 Å². The average molecular weight is 481 g/mol. The van der Waals surface area contributed by atoms with Crippen LogP contribution < -0.4 is 5.32 Å². The van der Waals surface area contributed by atoms with E-state index in [0.29, 0.717) is 63.2 Å². The van der Waals surface area contributed by atoms with E-state index in [4.69, 9.17) is 4.52 Å². The molecule has 10 nitrogen and oxygen atoms in total. The molecule has 2 aliphatic heterocycles. The SMILES string of the molecule is Cc1ccccc1-c1noc(CN2CCN(C(=O)CN3C(=O)NC4(CCC(C)CC4)C3=O)CC2)n1. The highest BCUT2D eigenvalue weighted by Crippen LogP contribution is 2.36. The van der Waals surface area contributed by atoms with Crippen molar-refractivity contribution < 1.29 is 18.9 Å². The summed E-state index contributed by atoms with van der Waals surface area (Å²) in [5.41, 5.74) is 1.22. The minimum atomic E-state index is -0.816. The van der Waals surface area contributed by atoms with Gasteiger partial charge in [-0.2, -0.15) is 4.98 Å².